The van der Waals surface area contributed by atoms with Gasteiger partial charge in [-0.05, 0) is 75.8 Å². The zero-order chi connectivity index (χ0) is 27.6. The molecule has 0 amide bonds. The van der Waals surface area contributed by atoms with Crippen molar-refractivity contribution in [3.8, 4) is 22.3 Å². The van der Waals surface area contributed by atoms with E-state index in [4.69, 9.17) is 4.42 Å². The van der Waals surface area contributed by atoms with Gasteiger partial charge in [-0.2, -0.15) is 0 Å². The average molecular weight is 528 g/mol. The van der Waals surface area contributed by atoms with Crippen LogP contribution in [0.1, 0.15) is 25.0 Å². The third-order valence-corrected chi connectivity index (χ3v) is 8.68. The molecule has 2 nitrogen and oxygen atoms in total. The summed E-state index contributed by atoms with van der Waals surface area (Å²) in [7, 11) is 0. The number of hydrogen-bond donors (Lipinski definition) is 0. The first-order valence-corrected chi connectivity index (χ1v) is 14.2. The van der Waals surface area contributed by atoms with Gasteiger partial charge in [0, 0.05) is 21.9 Å². The van der Waals surface area contributed by atoms with Crippen molar-refractivity contribution in [3.05, 3.63) is 151 Å². The Morgan fingerprint density at radius 3 is 2.02 bits per heavy atom. The minimum absolute atomic E-state index is 0.172. The molecule has 1 aliphatic heterocycles. The van der Waals surface area contributed by atoms with Crippen LogP contribution in [0.15, 0.2) is 144 Å². The van der Waals surface area contributed by atoms with Crippen LogP contribution in [-0.4, -0.2) is 0 Å². The largest absolute Gasteiger partial charge is 0.456 e. The van der Waals surface area contributed by atoms with E-state index in [1.54, 1.807) is 0 Å². The highest BCUT2D eigenvalue weighted by atomic mass is 16.3. The molecule has 196 valence electrons. The quantitative estimate of drug-likeness (QED) is 0.227. The molecule has 8 rings (SSSR count). The van der Waals surface area contributed by atoms with Crippen LogP contribution in [0.25, 0.3) is 44.2 Å². The number of rotatable bonds is 3. The van der Waals surface area contributed by atoms with Gasteiger partial charge in [-0.15, -0.1) is 0 Å². The summed E-state index contributed by atoms with van der Waals surface area (Å²) in [5.41, 5.74) is 12.8. The van der Waals surface area contributed by atoms with Crippen LogP contribution in [0.4, 0.5) is 17.1 Å². The molecule has 0 bridgehead atoms. The van der Waals surface area contributed by atoms with E-state index < -0.39 is 0 Å². The summed E-state index contributed by atoms with van der Waals surface area (Å²) in [6, 6.07) is 50.0. The van der Waals surface area contributed by atoms with Gasteiger partial charge in [0.05, 0.1) is 11.4 Å². The summed E-state index contributed by atoms with van der Waals surface area (Å²) in [5.74, 6) is 0. The second kappa shape index (κ2) is 8.97. The van der Waals surface area contributed by atoms with Crippen molar-refractivity contribution in [2.75, 3.05) is 4.90 Å². The summed E-state index contributed by atoms with van der Waals surface area (Å²) in [4.78, 5) is 2.42. The second-order valence-corrected chi connectivity index (χ2v) is 11.4. The van der Waals surface area contributed by atoms with Gasteiger partial charge in [-0.1, -0.05) is 111 Å². The summed E-state index contributed by atoms with van der Waals surface area (Å²) >= 11 is 0. The van der Waals surface area contributed by atoms with Crippen molar-refractivity contribution in [2.45, 2.75) is 19.3 Å². The highest BCUT2D eigenvalue weighted by molar-refractivity contribution is 6.12. The molecule has 0 spiro atoms. The molecule has 0 N–H and O–H groups in total. The molecule has 0 saturated heterocycles. The minimum Gasteiger partial charge on any atom is -0.456 e. The predicted molar refractivity (Wildman–Crippen MR) is 171 cm³/mol. The summed E-state index contributed by atoms with van der Waals surface area (Å²) in [6.45, 7) is 4.69. The van der Waals surface area contributed by atoms with Gasteiger partial charge in [-0.3, -0.25) is 0 Å². The Bertz CT molecular complexity index is 2070. The molecule has 0 atom stereocenters. The molecule has 0 radical (unpaired) electrons. The smallest absolute Gasteiger partial charge is 0.136 e. The van der Waals surface area contributed by atoms with Crippen LogP contribution >= 0.6 is 0 Å². The van der Waals surface area contributed by atoms with E-state index in [1.165, 1.54) is 50.1 Å². The fourth-order valence-electron chi connectivity index (χ4n) is 6.60. The molecule has 7 aromatic rings. The lowest BCUT2D eigenvalue weighted by Gasteiger charge is -2.42. The molecule has 41 heavy (non-hydrogen) atoms. The lowest BCUT2D eigenvalue weighted by Crippen LogP contribution is -2.30. The fraction of sp³-hybridized carbons (Fsp3) is 0.0769. The van der Waals surface area contributed by atoms with Gasteiger partial charge < -0.3 is 9.32 Å². The van der Waals surface area contributed by atoms with Gasteiger partial charge in [-0.25, -0.2) is 0 Å². The average Bonchev–Trinajstić information content (AvgIpc) is 3.41. The monoisotopic (exact) mass is 527 g/mol. The van der Waals surface area contributed by atoms with Gasteiger partial charge in [0.2, 0.25) is 0 Å². The van der Waals surface area contributed by atoms with Crippen molar-refractivity contribution in [1.82, 2.24) is 0 Å². The molecule has 1 aliphatic rings. The minimum atomic E-state index is -0.172. The van der Waals surface area contributed by atoms with Gasteiger partial charge >= 0.3 is 0 Å². The fourth-order valence-corrected chi connectivity index (χ4v) is 6.60. The van der Waals surface area contributed by atoms with Gasteiger partial charge in [0.25, 0.3) is 0 Å². The summed E-state index contributed by atoms with van der Waals surface area (Å²) < 4.78 is 6.22. The Balaban J connectivity index is 1.31. The van der Waals surface area contributed by atoms with E-state index in [-0.39, 0.29) is 5.41 Å². The van der Waals surface area contributed by atoms with Crippen LogP contribution in [0, 0.1) is 0 Å². The number of anilines is 3. The predicted octanol–water partition coefficient (Wildman–Crippen LogP) is 11.0. The second-order valence-electron chi connectivity index (χ2n) is 11.4. The topological polar surface area (TPSA) is 16.4 Å². The van der Waals surface area contributed by atoms with Crippen LogP contribution < -0.4 is 4.90 Å². The molecule has 6 aromatic carbocycles. The number of fused-ring (bicyclic) bond motifs is 5. The molecule has 0 fully saturated rings. The summed E-state index contributed by atoms with van der Waals surface area (Å²) in [6.07, 6.45) is 0. The lowest BCUT2D eigenvalue weighted by molar-refractivity contribution is 0.632. The Morgan fingerprint density at radius 2 is 1.17 bits per heavy atom. The molecule has 0 aliphatic carbocycles. The first-order valence-electron chi connectivity index (χ1n) is 14.2. The van der Waals surface area contributed by atoms with Crippen molar-refractivity contribution in [3.63, 3.8) is 0 Å². The Hall–Kier alpha value is -5.08. The van der Waals surface area contributed by atoms with Crippen molar-refractivity contribution >= 4 is 39.0 Å². The van der Waals surface area contributed by atoms with Crippen molar-refractivity contribution in [1.29, 1.82) is 0 Å². The Morgan fingerprint density at radius 1 is 0.512 bits per heavy atom. The highest BCUT2D eigenvalue weighted by Crippen LogP contribution is 2.53. The number of para-hydroxylation sites is 2. The number of hydrogen-bond acceptors (Lipinski definition) is 2. The normalized spacial score (nSPS) is 13.8. The van der Waals surface area contributed by atoms with Crippen LogP contribution in [0.5, 0.6) is 0 Å². The number of nitrogens with zero attached hydrogens (tertiary/aromatic N) is 1. The highest BCUT2D eigenvalue weighted by Gasteiger charge is 2.37. The van der Waals surface area contributed by atoms with E-state index in [0.29, 0.717) is 0 Å². The van der Waals surface area contributed by atoms with Crippen molar-refractivity contribution in [2.24, 2.45) is 0 Å². The molecule has 0 saturated carbocycles. The van der Waals surface area contributed by atoms with E-state index in [1.807, 2.05) is 12.1 Å². The van der Waals surface area contributed by atoms with Gasteiger partial charge in [0.15, 0.2) is 0 Å². The first kappa shape index (κ1) is 23.8. The third-order valence-electron chi connectivity index (χ3n) is 8.68. The maximum atomic E-state index is 6.22. The molecule has 0 unspecified atom stereocenters. The SMILES string of the molecule is CC1(C)c2ccccc2N(c2ccc(-c3ccccc3)cc2)c2ccc(-c3cccc4oc5ccccc5c34)cc21. The number of furan rings is 1. The Kier molecular flexibility index (Phi) is 5.20. The zero-order valence-electron chi connectivity index (χ0n) is 23.1. The van der Waals surface area contributed by atoms with Gasteiger partial charge in [0.1, 0.15) is 11.2 Å². The Labute approximate surface area is 240 Å². The molecular weight excluding hydrogens is 498 g/mol. The van der Waals surface area contributed by atoms with Crippen LogP contribution in [-0.2, 0) is 5.41 Å². The van der Waals surface area contributed by atoms with E-state index in [2.05, 4.69) is 146 Å². The van der Waals surface area contributed by atoms with E-state index >= 15 is 0 Å². The molecule has 2 heteroatoms. The van der Waals surface area contributed by atoms with E-state index in [0.717, 1.165) is 22.2 Å². The van der Waals surface area contributed by atoms with Crippen LogP contribution in [0.3, 0.4) is 0 Å². The third kappa shape index (κ3) is 3.64. The molecule has 2 heterocycles. The maximum absolute atomic E-state index is 6.22. The van der Waals surface area contributed by atoms with E-state index in [9.17, 15) is 0 Å². The standard InChI is InChI=1S/C39H29NO/c1-39(2)32-15-7-8-16-34(32)40(29-22-19-27(20-23-29)26-11-4-3-5-12-26)35-24-21-28(25-33(35)39)30-14-10-18-37-38(30)31-13-6-9-17-36(31)41-37/h3-25H,1-2H3. The summed E-state index contributed by atoms with van der Waals surface area (Å²) in [5, 5.41) is 2.32. The first-order chi connectivity index (χ1) is 20.1. The maximum Gasteiger partial charge on any atom is 0.136 e. The molecular formula is C39H29NO. The van der Waals surface area contributed by atoms with Crippen molar-refractivity contribution < 1.29 is 4.42 Å². The van der Waals surface area contributed by atoms with Crippen LogP contribution in [0.2, 0.25) is 0 Å². The lowest BCUT2D eigenvalue weighted by atomic mass is 9.72. The molecule has 1 aromatic heterocycles. The number of benzene rings is 6. The zero-order valence-corrected chi connectivity index (χ0v) is 23.1.